The number of aromatic nitrogens is 2. The third-order valence-electron chi connectivity index (χ3n) is 3.80. The molecular weight excluding hydrogens is 276 g/mol. The van der Waals surface area contributed by atoms with Crippen LogP contribution in [0.4, 0.5) is 0 Å². The number of hydrogen-bond donors (Lipinski definition) is 0. The van der Waals surface area contributed by atoms with Gasteiger partial charge in [0.15, 0.2) is 0 Å². The molecule has 0 spiro atoms. The molecule has 0 N–H and O–H groups in total. The van der Waals surface area contributed by atoms with E-state index in [1.54, 1.807) is 11.3 Å². The Labute approximate surface area is 127 Å². The minimum Gasteiger partial charge on any atom is -0.343 e. The van der Waals surface area contributed by atoms with Crippen LogP contribution in [0.5, 0.6) is 0 Å². The summed E-state index contributed by atoms with van der Waals surface area (Å²) in [6, 6.07) is 19.1. The maximum Gasteiger partial charge on any atom is 0.126 e. The van der Waals surface area contributed by atoms with Crippen LogP contribution in [0, 0.1) is 0 Å². The summed E-state index contributed by atoms with van der Waals surface area (Å²) >= 11 is 1.69. The Kier molecular flexibility index (Phi) is 2.86. The van der Waals surface area contributed by atoms with E-state index in [9.17, 15) is 0 Å². The van der Waals surface area contributed by atoms with Crippen LogP contribution in [0.2, 0.25) is 0 Å². The van der Waals surface area contributed by atoms with Crippen LogP contribution in [0.25, 0.3) is 32.7 Å². The maximum absolute atomic E-state index is 4.54. The van der Waals surface area contributed by atoms with Crippen LogP contribution in [0.3, 0.4) is 0 Å². The number of para-hydroxylation sites is 1. The Morgan fingerprint density at radius 3 is 2.48 bits per heavy atom. The van der Waals surface area contributed by atoms with E-state index in [0.29, 0.717) is 0 Å². The fourth-order valence-electron chi connectivity index (χ4n) is 2.89. The summed E-state index contributed by atoms with van der Waals surface area (Å²) in [6.45, 7) is 0. The molecule has 21 heavy (non-hydrogen) atoms. The van der Waals surface area contributed by atoms with Crippen molar-refractivity contribution in [3.63, 3.8) is 0 Å². The first-order chi connectivity index (χ1) is 10.4. The molecule has 0 fully saturated rings. The van der Waals surface area contributed by atoms with Crippen molar-refractivity contribution in [2.45, 2.75) is 0 Å². The van der Waals surface area contributed by atoms with Crippen LogP contribution >= 0.6 is 11.3 Å². The zero-order valence-electron chi connectivity index (χ0n) is 11.7. The second-order valence-electron chi connectivity index (χ2n) is 5.00. The summed E-state index contributed by atoms with van der Waals surface area (Å²) in [5.41, 5.74) is 4.92. The van der Waals surface area contributed by atoms with Crippen molar-refractivity contribution in [3.05, 3.63) is 66.2 Å². The lowest BCUT2D eigenvalue weighted by Crippen LogP contribution is -1.92. The Balaban J connectivity index is 2.15. The van der Waals surface area contributed by atoms with Gasteiger partial charge in [0.05, 0.1) is 5.69 Å². The average Bonchev–Trinajstić information content (AvgIpc) is 3.15. The van der Waals surface area contributed by atoms with E-state index in [1.165, 1.54) is 27.7 Å². The normalized spacial score (nSPS) is 11.1. The molecule has 2 heterocycles. The summed E-state index contributed by atoms with van der Waals surface area (Å²) in [5.74, 6) is 0. The molecule has 4 aromatic rings. The highest BCUT2D eigenvalue weighted by Crippen LogP contribution is 2.40. The van der Waals surface area contributed by atoms with Crippen molar-refractivity contribution in [1.82, 2.24) is 9.55 Å². The molecule has 0 saturated carbocycles. The standard InChI is InChI=1S/C18H14N2S/c1-20-15-10-6-5-9-14(15)16(18-19-11-12-21-18)17(20)13-7-3-2-4-8-13/h2-12H,1H3. The van der Waals surface area contributed by atoms with Gasteiger partial charge >= 0.3 is 0 Å². The quantitative estimate of drug-likeness (QED) is 0.509. The Morgan fingerprint density at radius 2 is 1.71 bits per heavy atom. The molecule has 0 aliphatic heterocycles. The fraction of sp³-hybridized carbons (Fsp3) is 0.0556. The summed E-state index contributed by atoms with van der Waals surface area (Å²) in [4.78, 5) is 4.54. The van der Waals surface area contributed by atoms with Crippen LogP contribution in [0.15, 0.2) is 66.2 Å². The molecule has 0 aliphatic carbocycles. The van der Waals surface area contributed by atoms with Crippen LogP contribution in [-0.4, -0.2) is 9.55 Å². The summed E-state index contributed by atoms with van der Waals surface area (Å²) < 4.78 is 2.27. The molecule has 0 unspecified atom stereocenters. The second-order valence-corrected chi connectivity index (χ2v) is 5.90. The van der Waals surface area contributed by atoms with Gasteiger partial charge in [-0.25, -0.2) is 4.98 Å². The number of thiazole rings is 1. The highest BCUT2D eigenvalue weighted by Gasteiger charge is 2.19. The van der Waals surface area contributed by atoms with Crippen molar-refractivity contribution in [3.8, 4) is 21.8 Å². The zero-order chi connectivity index (χ0) is 14.2. The Bertz CT molecular complexity index is 890. The average molecular weight is 290 g/mol. The lowest BCUT2D eigenvalue weighted by molar-refractivity contribution is 0.979. The van der Waals surface area contributed by atoms with E-state index >= 15 is 0 Å². The zero-order valence-corrected chi connectivity index (χ0v) is 12.5. The van der Waals surface area contributed by atoms with E-state index in [2.05, 4.69) is 71.2 Å². The molecular formula is C18H14N2S. The topological polar surface area (TPSA) is 17.8 Å². The van der Waals surface area contributed by atoms with Crippen LogP contribution in [-0.2, 0) is 7.05 Å². The highest BCUT2D eigenvalue weighted by molar-refractivity contribution is 7.13. The summed E-state index contributed by atoms with van der Waals surface area (Å²) in [7, 11) is 2.13. The number of nitrogens with zero attached hydrogens (tertiary/aromatic N) is 2. The number of fused-ring (bicyclic) bond motifs is 1. The second kappa shape index (κ2) is 4.86. The van der Waals surface area contributed by atoms with Crippen LogP contribution in [0.1, 0.15) is 0 Å². The Hall–Kier alpha value is -2.39. The Morgan fingerprint density at radius 1 is 0.952 bits per heavy atom. The van der Waals surface area contributed by atoms with Gasteiger partial charge < -0.3 is 4.57 Å². The predicted molar refractivity (Wildman–Crippen MR) is 89.5 cm³/mol. The van der Waals surface area contributed by atoms with Gasteiger partial charge in [0.25, 0.3) is 0 Å². The van der Waals surface area contributed by atoms with Crippen molar-refractivity contribution in [2.24, 2.45) is 7.05 Å². The van der Waals surface area contributed by atoms with Crippen LogP contribution < -0.4 is 0 Å². The predicted octanol–water partition coefficient (Wildman–Crippen LogP) is 4.97. The molecule has 0 atom stereocenters. The first kappa shape index (κ1) is 12.4. The molecule has 0 radical (unpaired) electrons. The molecule has 2 nitrogen and oxygen atoms in total. The molecule has 102 valence electrons. The van der Waals surface area contributed by atoms with Gasteiger partial charge in [-0.3, -0.25) is 0 Å². The summed E-state index contributed by atoms with van der Waals surface area (Å²) in [5, 5.41) is 4.37. The molecule has 2 aromatic carbocycles. The third kappa shape index (κ3) is 1.89. The lowest BCUT2D eigenvalue weighted by atomic mass is 10.1. The van der Waals surface area contributed by atoms with Crippen molar-refractivity contribution in [2.75, 3.05) is 0 Å². The number of hydrogen-bond acceptors (Lipinski definition) is 2. The number of rotatable bonds is 2. The van der Waals surface area contributed by atoms with Gasteiger partial charge in [-0.15, -0.1) is 11.3 Å². The van der Waals surface area contributed by atoms with Gasteiger partial charge in [-0.1, -0.05) is 48.5 Å². The third-order valence-corrected chi connectivity index (χ3v) is 4.59. The summed E-state index contributed by atoms with van der Waals surface area (Å²) in [6.07, 6.45) is 1.87. The van der Waals surface area contributed by atoms with Gasteiger partial charge in [-0.05, 0) is 11.6 Å². The van der Waals surface area contributed by atoms with Crippen molar-refractivity contribution >= 4 is 22.2 Å². The molecule has 4 rings (SSSR count). The first-order valence-electron chi connectivity index (χ1n) is 6.89. The molecule has 3 heteroatoms. The smallest absolute Gasteiger partial charge is 0.126 e. The lowest BCUT2D eigenvalue weighted by Gasteiger charge is -2.06. The van der Waals surface area contributed by atoms with Gasteiger partial charge in [0.1, 0.15) is 5.01 Å². The van der Waals surface area contributed by atoms with Crippen molar-refractivity contribution in [1.29, 1.82) is 0 Å². The monoisotopic (exact) mass is 290 g/mol. The number of benzene rings is 2. The molecule has 0 aliphatic rings. The largest absolute Gasteiger partial charge is 0.343 e. The van der Waals surface area contributed by atoms with Gasteiger partial charge in [0, 0.05) is 35.1 Å². The molecule has 2 aromatic heterocycles. The van der Waals surface area contributed by atoms with Crippen molar-refractivity contribution < 1.29 is 0 Å². The van der Waals surface area contributed by atoms with Gasteiger partial charge in [-0.2, -0.15) is 0 Å². The van der Waals surface area contributed by atoms with E-state index in [0.717, 1.165) is 5.01 Å². The minimum absolute atomic E-state index is 1.07. The van der Waals surface area contributed by atoms with Gasteiger partial charge in [0.2, 0.25) is 0 Å². The highest BCUT2D eigenvalue weighted by atomic mass is 32.1. The fourth-order valence-corrected chi connectivity index (χ4v) is 3.59. The van der Waals surface area contributed by atoms with E-state index in [-0.39, 0.29) is 0 Å². The van der Waals surface area contributed by atoms with E-state index in [1.807, 2.05) is 11.6 Å². The van der Waals surface area contributed by atoms with E-state index in [4.69, 9.17) is 0 Å². The maximum atomic E-state index is 4.54. The number of aryl methyl sites for hydroxylation is 1. The molecule has 0 amide bonds. The SMILES string of the molecule is Cn1c(-c2ccccc2)c(-c2nccs2)c2ccccc21. The first-order valence-corrected chi connectivity index (χ1v) is 7.77. The minimum atomic E-state index is 1.07. The van der Waals surface area contributed by atoms with E-state index < -0.39 is 0 Å². The molecule has 0 bridgehead atoms. The molecule has 0 saturated heterocycles.